The molecule has 2 aliphatic rings. The molecule has 1 saturated heterocycles. The van der Waals surface area contributed by atoms with Crippen LogP contribution in [-0.4, -0.2) is 40.8 Å². The van der Waals surface area contributed by atoms with Gasteiger partial charge in [0.2, 0.25) is 0 Å². The Balaban J connectivity index is 1.83. The fourth-order valence-electron chi connectivity index (χ4n) is 2.73. The van der Waals surface area contributed by atoms with E-state index in [2.05, 4.69) is 4.90 Å². The van der Waals surface area contributed by atoms with E-state index < -0.39 is 21.5 Å². The van der Waals surface area contributed by atoms with Crippen molar-refractivity contribution in [2.45, 2.75) is 18.9 Å². The summed E-state index contributed by atoms with van der Waals surface area (Å²) in [7, 11) is 0. The summed E-state index contributed by atoms with van der Waals surface area (Å²) in [6.45, 7) is 3.18. The van der Waals surface area contributed by atoms with Crippen molar-refractivity contribution >= 4 is 5.69 Å². The van der Waals surface area contributed by atoms with E-state index in [1.807, 2.05) is 18.2 Å². The summed E-state index contributed by atoms with van der Waals surface area (Å²) in [6.07, 6.45) is 2.08. The summed E-state index contributed by atoms with van der Waals surface area (Å²) in [4.78, 5) is 13.1. The zero-order chi connectivity index (χ0) is 13.9. The van der Waals surface area contributed by atoms with Crippen LogP contribution in [-0.2, 0) is 4.74 Å². The number of rotatable bonds is 3. The van der Waals surface area contributed by atoms with Crippen LogP contribution in [0.5, 0.6) is 5.75 Å². The molecule has 1 fully saturated rings. The molecule has 7 heteroatoms. The molecule has 20 heavy (non-hydrogen) atoms. The normalized spacial score (nSPS) is 19.5. The second-order valence-electron chi connectivity index (χ2n) is 4.81. The standard InChI is InChI=1S/C13H17IN2O4/c17-16(18)14-10-1-2-12-13(9-10)20-8-5-15(12)11-3-6-19-7-4-11/h1-2,9,11H,3-8H2,(H,17,18). The predicted octanol–water partition coefficient (Wildman–Crippen LogP) is -1.59. The molecule has 2 heterocycles. The fraction of sp³-hybridized carbons (Fsp3) is 0.538. The van der Waals surface area contributed by atoms with Gasteiger partial charge in [0, 0.05) is 0 Å². The average Bonchev–Trinajstić information content (AvgIpc) is 2.46. The summed E-state index contributed by atoms with van der Waals surface area (Å²) >= 11 is -1.06. The summed E-state index contributed by atoms with van der Waals surface area (Å²) in [5.41, 5.74) is 1.09. The minimum absolute atomic E-state index is 0.0413. The van der Waals surface area contributed by atoms with Crippen LogP contribution in [0, 0.1) is 8.48 Å². The van der Waals surface area contributed by atoms with Crippen LogP contribution in [0.1, 0.15) is 12.8 Å². The van der Waals surface area contributed by atoms with Crippen molar-refractivity contribution in [1.82, 2.24) is 0 Å². The molecule has 110 valence electrons. The number of hydrogen-bond donors (Lipinski definition) is 1. The first-order valence-corrected chi connectivity index (χ1v) is 8.71. The van der Waals surface area contributed by atoms with Crippen molar-refractivity contribution in [1.29, 1.82) is 0 Å². The van der Waals surface area contributed by atoms with Crippen LogP contribution in [0.3, 0.4) is 0 Å². The quantitative estimate of drug-likeness (QED) is 0.382. The van der Waals surface area contributed by atoms with E-state index in [-0.39, 0.29) is 3.14 Å². The number of ether oxygens (including phenoxy) is 2. The molecule has 3 rings (SSSR count). The number of nitrogens with zero attached hydrogens (tertiary/aromatic N) is 2. The Bertz CT molecular complexity index is 505. The first-order valence-electron chi connectivity index (χ1n) is 6.66. The topological polar surface area (TPSA) is 62.0 Å². The number of halogens is 1. The van der Waals surface area contributed by atoms with Gasteiger partial charge >= 0.3 is 128 Å². The van der Waals surface area contributed by atoms with Crippen molar-refractivity contribution in [3.8, 4) is 5.75 Å². The van der Waals surface area contributed by atoms with Crippen molar-refractivity contribution in [3.63, 3.8) is 0 Å². The zero-order valence-electron chi connectivity index (χ0n) is 11.0. The number of fused-ring (bicyclic) bond motifs is 1. The van der Waals surface area contributed by atoms with E-state index >= 15 is 0 Å². The van der Waals surface area contributed by atoms with E-state index in [1.54, 1.807) is 0 Å². The van der Waals surface area contributed by atoms with E-state index in [4.69, 9.17) is 14.7 Å². The molecule has 0 amide bonds. The van der Waals surface area contributed by atoms with Crippen LogP contribution >= 0.6 is 0 Å². The van der Waals surface area contributed by atoms with Crippen LogP contribution in [0.2, 0.25) is 0 Å². The molecule has 1 aromatic carbocycles. The molecule has 0 saturated carbocycles. The van der Waals surface area contributed by atoms with Crippen molar-refractivity contribution < 1.29 is 39.3 Å². The monoisotopic (exact) mass is 392 g/mol. The number of anilines is 1. The third kappa shape index (κ3) is 2.98. The molecule has 1 N–H and O–H groups in total. The van der Waals surface area contributed by atoms with Gasteiger partial charge in [-0.25, -0.2) is 0 Å². The predicted molar refractivity (Wildman–Crippen MR) is 67.2 cm³/mol. The Hall–Kier alpha value is -1.09. The number of hydrogen-bond acceptors (Lipinski definition) is 4. The van der Waals surface area contributed by atoms with Gasteiger partial charge in [-0.3, -0.25) is 0 Å². The minimum atomic E-state index is -1.06. The van der Waals surface area contributed by atoms with E-state index in [0.29, 0.717) is 12.6 Å². The van der Waals surface area contributed by atoms with Gasteiger partial charge < -0.3 is 0 Å². The first-order chi connectivity index (χ1) is 9.74. The van der Waals surface area contributed by atoms with Crippen LogP contribution in [0.15, 0.2) is 18.2 Å². The molecule has 2 aliphatic heterocycles. The Kier molecular flexibility index (Phi) is 4.25. The van der Waals surface area contributed by atoms with Gasteiger partial charge in [-0.05, 0) is 0 Å². The Morgan fingerprint density at radius 3 is 2.85 bits per heavy atom. The molecule has 1 aromatic rings. The summed E-state index contributed by atoms with van der Waals surface area (Å²) < 4.78 is 12.0. The van der Waals surface area contributed by atoms with Crippen LogP contribution in [0.4, 0.5) is 5.69 Å². The first kappa shape index (κ1) is 13.9. The van der Waals surface area contributed by atoms with Crippen molar-refractivity contribution in [2.24, 2.45) is 0 Å². The molecule has 0 aromatic heterocycles. The molecule has 0 aliphatic carbocycles. The van der Waals surface area contributed by atoms with Crippen LogP contribution < -0.4 is 31.1 Å². The van der Waals surface area contributed by atoms with Gasteiger partial charge in [-0.1, -0.05) is 0 Å². The zero-order valence-corrected chi connectivity index (χ0v) is 13.2. The molecule has 0 atom stereocenters. The molecule has 0 spiro atoms. The van der Waals surface area contributed by atoms with Gasteiger partial charge in [-0.15, -0.1) is 0 Å². The maximum atomic E-state index is 10.7. The third-order valence-corrected chi connectivity index (χ3v) is 5.26. The molecule has 0 unspecified atom stereocenters. The third-order valence-electron chi connectivity index (χ3n) is 3.62. The van der Waals surface area contributed by atoms with Gasteiger partial charge in [-0.2, -0.15) is 0 Å². The van der Waals surface area contributed by atoms with E-state index in [0.717, 1.165) is 47.6 Å². The van der Waals surface area contributed by atoms with Crippen molar-refractivity contribution in [2.75, 3.05) is 31.3 Å². The summed E-state index contributed by atoms with van der Waals surface area (Å²) in [5.74, 6) is 0.821. The molecular weight excluding hydrogens is 375 g/mol. The van der Waals surface area contributed by atoms with Gasteiger partial charge in [0.1, 0.15) is 0 Å². The Labute approximate surface area is 127 Å². The molecule has 0 radical (unpaired) electrons. The fourth-order valence-corrected chi connectivity index (χ4v) is 3.97. The second kappa shape index (κ2) is 6.13. The summed E-state index contributed by atoms with van der Waals surface area (Å²) in [6, 6.07) is 6.30. The van der Waals surface area contributed by atoms with Crippen LogP contribution in [0.25, 0.3) is 0 Å². The number of benzene rings is 1. The second-order valence-corrected chi connectivity index (χ2v) is 7.36. The Morgan fingerprint density at radius 2 is 2.10 bits per heavy atom. The van der Waals surface area contributed by atoms with E-state index in [9.17, 15) is 4.91 Å². The van der Waals surface area contributed by atoms with Crippen molar-refractivity contribution in [3.05, 3.63) is 26.7 Å². The SMILES string of the molecule is O=[N+](O)[I-]c1ccc2c(c1)OCCN2C1CCOCC1. The molecule has 0 bridgehead atoms. The van der Waals surface area contributed by atoms with E-state index in [1.165, 1.54) is 0 Å². The Morgan fingerprint density at radius 1 is 1.30 bits per heavy atom. The maximum absolute atomic E-state index is 10.7. The van der Waals surface area contributed by atoms with Gasteiger partial charge in [0.15, 0.2) is 0 Å². The average molecular weight is 392 g/mol. The van der Waals surface area contributed by atoms with Gasteiger partial charge in [0.25, 0.3) is 0 Å². The summed E-state index contributed by atoms with van der Waals surface area (Å²) in [5, 5.41) is 8.83. The molecular formula is C13H17IN2O4. The van der Waals surface area contributed by atoms with Gasteiger partial charge in [0.05, 0.1) is 0 Å². The molecule has 6 nitrogen and oxygen atoms in total.